The maximum absolute atomic E-state index is 3.32. The van der Waals surface area contributed by atoms with Crippen LogP contribution in [0, 0.1) is 0 Å². The van der Waals surface area contributed by atoms with Crippen molar-refractivity contribution in [2.75, 3.05) is 0 Å². The van der Waals surface area contributed by atoms with Gasteiger partial charge < -0.3 is 0 Å². The van der Waals surface area contributed by atoms with Crippen LogP contribution in [-0.2, 0) is 0 Å². The van der Waals surface area contributed by atoms with Crippen molar-refractivity contribution in [1.82, 2.24) is 0 Å². The molecule has 140 heavy (non-hydrogen) atoms. The van der Waals surface area contributed by atoms with Crippen LogP contribution >= 0.6 is 0 Å². The van der Waals surface area contributed by atoms with Crippen LogP contribution in [0.1, 0.15) is 0 Å². The third kappa shape index (κ3) is 107. The van der Waals surface area contributed by atoms with Crippen LogP contribution in [0.5, 0.6) is 0 Å². The molecule has 0 nitrogen and oxygen atoms in total. The van der Waals surface area contributed by atoms with E-state index < -0.39 is 0 Å². The molecule has 0 bridgehead atoms. The summed E-state index contributed by atoms with van der Waals surface area (Å²) in [5.41, 5.74) is 344. The van der Waals surface area contributed by atoms with E-state index in [-0.39, 0.29) is 0 Å². The van der Waals surface area contributed by atoms with Crippen molar-refractivity contribution in [3.8, 4) is 0 Å². The molecule has 0 spiro atoms. The lowest BCUT2D eigenvalue weighted by Crippen LogP contribution is -1.26. The van der Waals surface area contributed by atoms with Gasteiger partial charge in [0, 0.05) is 688 Å². The zero-order chi connectivity index (χ0) is 99.6. The molecule has 0 aliphatic heterocycles. The highest BCUT2D eigenvalue weighted by atomic mass is 13.6. The molecule has 0 atom stereocenters. The van der Waals surface area contributed by atoms with E-state index in [1.165, 1.54) is 0 Å². The zero-order valence-corrected chi connectivity index (χ0v) is 70.4. The number of rotatable bonds is 0. The number of hydrogen-bond acceptors (Lipinski definition) is 0. The van der Waals surface area contributed by atoms with E-state index >= 15 is 0 Å². The topological polar surface area (TPSA) is 0 Å². The molecule has 0 rings (SSSR count). The molecule has 0 aliphatic rings. The lowest BCUT2D eigenvalue weighted by atomic mass is 10.6. The van der Waals surface area contributed by atoms with E-state index in [9.17, 15) is 0 Å². The van der Waals surface area contributed by atoms with Gasteiger partial charge in [-0.25, -0.2) is 0 Å². The van der Waals surface area contributed by atoms with Gasteiger partial charge in [-0.15, -0.1) is 0 Å². The predicted octanol–water partition coefficient (Wildman–Crippen LogP) is 22.2. The summed E-state index contributed by atoms with van der Waals surface area (Å²) in [7, 11) is 0. The molecule has 0 aromatic heterocycles. The summed E-state index contributed by atoms with van der Waals surface area (Å²) in [4.78, 5) is 0. The van der Waals surface area contributed by atoms with Crippen molar-refractivity contribution >= 4 is 0 Å². The van der Waals surface area contributed by atoms with Crippen molar-refractivity contribution in [3.63, 3.8) is 0 Å². The Morgan fingerprint density at radius 3 is 0.0786 bits per heavy atom. The molecule has 0 aromatic rings. The van der Waals surface area contributed by atoms with Gasteiger partial charge in [0.2, 0.25) is 0 Å². The second-order valence-electron chi connectivity index (χ2n) is 17.4. The molecule has 0 saturated heterocycles. The summed E-state index contributed by atoms with van der Waals surface area (Å²) < 4.78 is 0. The molecular formula is C140H4. The van der Waals surface area contributed by atoms with Gasteiger partial charge in [0.25, 0.3) is 0 Å². The summed E-state index contributed by atoms with van der Waals surface area (Å²) in [6.45, 7) is 6.64. The molecule has 0 heteroatoms. The molecule has 0 radical (unpaired) electrons. The summed E-state index contributed by atoms with van der Waals surface area (Å²) in [6.07, 6.45) is 0. The first-order chi connectivity index (χ1) is 69.9. The smallest absolute Gasteiger partial charge is 0 e. The average molecular weight is 1690 g/mol. The van der Waals surface area contributed by atoms with E-state index in [4.69, 9.17) is 0 Å². The van der Waals surface area contributed by atoms with Crippen LogP contribution in [0.15, 0.2) is 804 Å². The van der Waals surface area contributed by atoms with Crippen LogP contribution in [0.2, 0.25) is 0 Å². The fourth-order valence-corrected chi connectivity index (χ4v) is 4.28. The molecule has 0 N–H and O–H groups in total. The molecule has 0 saturated carbocycles. The van der Waals surface area contributed by atoms with E-state index in [1.54, 1.807) is 0 Å². The zero-order valence-electron chi connectivity index (χ0n) is 70.4. The van der Waals surface area contributed by atoms with Crippen LogP contribution in [0.25, 0.3) is 0 Å². The van der Waals surface area contributed by atoms with E-state index in [2.05, 4.69) is 804 Å². The molecule has 0 aliphatic carbocycles. The third-order valence-electron chi connectivity index (χ3n) is 8.61. The molecular weight excluding hydrogens is 1680 g/mol. The minimum atomic E-state index is 2.37. The SMILES string of the molecule is C=C=C=C=C=C=C=C=C=C=C=C=C=C=C=C=C=C=C=C=C=C=C=C=C=C=C=C=C=C=C=C=C=C=C=C=C=C=C=C=C=C=C=C=C=C=C=C=C=C=C=C=C=C=C=C=C=C=C=C=C=C=C=C=C=C=C=C=C=C=C=C=C=C=C=C=C=C=C=C=C=C=C=C=C=C=C=C=C=C=C=C=C=C=C=C=C=C=C=C=C=C=C=C=C=C=C=C=C=C=C=C=C=C=C=C=C=C=C=C=C=C=C=C=C=C=C=C=C=C=C=C=C=C=C=C=C=C=C=C. The highest BCUT2D eigenvalue weighted by Crippen LogP contribution is 1.70. The van der Waals surface area contributed by atoms with Gasteiger partial charge in [-0.1, -0.05) is 11.5 Å². The van der Waals surface area contributed by atoms with Crippen LogP contribution in [0.3, 0.4) is 0 Å². The lowest BCUT2D eigenvalue weighted by Gasteiger charge is -1.41. The number of hydrogen-bond donors (Lipinski definition) is 0. The van der Waals surface area contributed by atoms with E-state index in [0.29, 0.717) is 0 Å². The summed E-state index contributed by atoms with van der Waals surface area (Å²) in [6, 6.07) is 0. The molecule has 0 fully saturated rings. The van der Waals surface area contributed by atoms with Crippen molar-refractivity contribution in [3.05, 3.63) is 804 Å². The highest BCUT2D eigenvalue weighted by Gasteiger charge is 1.55. The molecule has 0 unspecified atom stereocenters. The van der Waals surface area contributed by atoms with Crippen LogP contribution in [-0.4, -0.2) is 0 Å². The fraction of sp³-hybridized carbons (Fsp3) is 0. The van der Waals surface area contributed by atoms with Gasteiger partial charge >= 0.3 is 0 Å². The van der Waals surface area contributed by atoms with Crippen molar-refractivity contribution in [2.45, 2.75) is 0 Å². The van der Waals surface area contributed by atoms with Gasteiger partial charge in [0.1, 0.15) is 0 Å². The van der Waals surface area contributed by atoms with Gasteiger partial charge in [-0.3, -0.25) is 0 Å². The maximum atomic E-state index is 3.32. The van der Waals surface area contributed by atoms with Gasteiger partial charge in [0.15, 0.2) is 0 Å². The summed E-state index contributed by atoms with van der Waals surface area (Å²) in [5.74, 6) is 0. The Kier molecular flexibility index (Phi) is 84.7. The Labute approximate surface area is 798 Å². The monoisotopic (exact) mass is 1680 g/mol. The standard InChI is InChI=1S/C140H4/c1-3-5-7-9-11-13-15-17-19-21-23-25-27-29-31-33-35-37-39-41-43-45-47-49-51-53-55-57-59-61-63-65-67-69-71-73-75-77-79-81-83-85-87-89-91-93-95-97-99-101-103-105-107-109-111-113-115-117-119-121-123-125-127-129-131-133-135-137-139-140-138-136-134-132-130-128-126-124-122-120-118-116-114-112-110-108-106-104-102-100-98-96-94-92-90-88-86-84-82-80-78-76-74-72-70-68-66-64-62-60-58-56-54-52-50-48-46-44-42-40-38-36-34-32-30-28-26-24-22-20-18-16-14-12-10-8-6-4-2/h1-2H2. The Bertz CT molecular complexity index is 10400. The van der Waals surface area contributed by atoms with Crippen molar-refractivity contribution < 1.29 is 0 Å². The van der Waals surface area contributed by atoms with E-state index in [0.717, 1.165) is 0 Å². The summed E-state index contributed by atoms with van der Waals surface area (Å²) in [5, 5.41) is 0. The summed E-state index contributed by atoms with van der Waals surface area (Å²) >= 11 is 0. The van der Waals surface area contributed by atoms with Crippen LogP contribution < -0.4 is 0 Å². The first-order valence-electron chi connectivity index (χ1n) is 35.0. The third-order valence-corrected chi connectivity index (χ3v) is 8.61. The fourth-order valence-electron chi connectivity index (χ4n) is 4.28. The minimum absolute atomic E-state index is 2.37. The Hall–Kier alpha value is -30.6. The Morgan fingerprint density at radius 2 is 0.0571 bits per heavy atom. The molecule has 564 valence electrons. The first-order valence-corrected chi connectivity index (χ1v) is 35.0. The van der Waals surface area contributed by atoms with Crippen LogP contribution in [0.4, 0.5) is 0 Å². The minimum Gasteiger partial charge on any atom is -0.0687 e. The Balaban J connectivity index is 6.21. The second kappa shape index (κ2) is 108. The van der Waals surface area contributed by atoms with Crippen molar-refractivity contribution in [1.29, 1.82) is 0 Å². The molecule has 0 heterocycles. The normalized spacial score (nSPS) is 3.97. The maximum Gasteiger partial charge on any atom is 0 e. The van der Waals surface area contributed by atoms with Gasteiger partial charge in [0.05, 0.1) is 0 Å². The molecule has 0 amide bonds. The second-order valence-corrected chi connectivity index (χ2v) is 17.4. The van der Waals surface area contributed by atoms with Gasteiger partial charge in [-0.05, 0) is 105 Å². The predicted molar refractivity (Wildman–Crippen MR) is 496 cm³/mol. The van der Waals surface area contributed by atoms with Crippen molar-refractivity contribution in [2.24, 2.45) is 0 Å². The molecule has 0 aromatic carbocycles. The largest absolute Gasteiger partial charge is 0.0687 e. The highest BCUT2D eigenvalue weighted by molar-refractivity contribution is 5.06. The van der Waals surface area contributed by atoms with Gasteiger partial charge in [-0.2, -0.15) is 0 Å². The van der Waals surface area contributed by atoms with E-state index in [1.807, 2.05) is 0 Å². The lowest BCUT2D eigenvalue weighted by molar-refractivity contribution is 2.10. The Morgan fingerprint density at radius 1 is 0.0357 bits per heavy atom. The average Bonchev–Trinajstić information content (AvgIpc) is 1.10. The quantitative estimate of drug-likeness (QED) is 0.212. The first kappa shape index (κ1) is 109.